The summed E-state index contributed by atoms with van der Waals surface area (Å²) in [6.45, 7) is 2.18. The van der Waals surface area contributed by atoms with Crippen molar-refractivity contribution in [2.75, 3.05) is 0 Å². The van der Waals surface area contributed by atoms with Gasteiger partial charge in [0.05, 0.1) is 22.2 Å². The number of nitrogens with zero attached hydrogens (tertiary/aromatic N) is 3. The molecule has 212 valence electrons. The SMILES string of the molecule is Cc1ccccc1-n1ccc2ccc3c(ccc4c3c3ccccc3n4-c3cc(-c4ccccc4)cc(-c4ccccc4)n3)c21. The van der Waals surface area contributed by atoms with Crippen molar-refractivity contribution in [1.82, 2.24) is 14.1 Å². The zero-order valence-corrected chi connectivity index (χ0v) is 24.9. The van der Waals surface area contributed by atoms with Crippen molar-refractivity contribution in [3.05, 3.63) is 163 Å². The van der Waals surface area contributed by atoms with E-state index >= 15 is 0 Å². The van der Waals surface area contributed by atoms with Gasteiger partial charge in [0.1, 0.15) is 5.82 Å². The van der Waals surface area contributed by atoms with Gasteiger partial charge in [0, 0.05) is 39.0 Å². The Morgan fingerprint density at radius 1 is 0.511 bits per heavy atom. The molecule has 0 atom stereocenters. The zero-order chi connectivity index (χ0) is 29.9. The third kappa shape index (κ3) is 4.01. The molecular weight excluding hydrogens is 546 g/mol. The van der Waals surface area contributed by atoms with Crippen LogP contribution in [0.4, 0.5) is 0 Å². The van der Waals surface area contributed by atoms with Gasteiger partial charge in [-0.3, -0.25) is 4.57 Å². The molecule has 3 heteroatoms. The van der Waals surface area contributed by atoms with Gasteiger partial charge in [-0.05, 0) is 65.4 Å². The molecule has 0 saturated heterocycles. The number of hydrogen-bond donors (Lipinski definition) is 0. The van der Waals surface area contributed by atoms with Gasteiger partial charge >= 0.3 is 0 Å². The van der Waals surface area contributed by atoms with Crippen LogP contribution in [0.25, 0.3) is 77.4 Å². The van der Waals surface area contributed by atoms with Crippen molar-refractivity contribution in [2.45, 2.75) is 6.92 Å². The fraction of sp³-hybridized carbons (Fsp3) is 0.0238. The van der Waals surface area contributed by atoms with Crippen LogP contribution in [0.1, 0.15) is 5.56 Å². The van der Waals surface area contributed by atoms with Gasteiger partial charge in [-0.2, -0.15) is 0 Å². The highest BCUT2D eigenvalue weighted by atomic mass is 15.1. The van der Waals surface area contributed by atoms with Crippen LogP contribution in [-0.4, -0.2) is 14.1 Å². The molecule has 0 aliphatic rings. The third-order valence-corrected chi connectivity index (χ3v) is 9.07. The number of pyridine rings is 1. The third-order valence-electron chi connectivity index (χ3n) is 9.07. The Bertz CT molecular complexity index is 2480. The van der Waals surface area contributed by atoms with Crippen LogP contribution < -0.4 is 0 Å². The molecule has 3 aromatic heterocycles. The van der Waals surface area contributed by atoms with Crippen molar-refractivity contribution in [2.24, 2.45) is 0 Å². The zero-order valence-electron chi connectivity index (χ0n) is 24.9. The summed E-state index contributed by atoms with van der Waals surface area (Å²) in [5, 5.41) is 6.19. The van der Waals surface area contributed by atoms with Crippen LogP contribution in [0.5, 0.6) is 0 Å². The lowest BCUT2D eigenvalue weighted by molar-refractivity contribution is 1.08. The minimum atomic E-state index is 0.908. The van der Waals surface area contributed by atoms with Crippen LogP contribution in [0, 0.1) is 6.92 Å². The van der Waals surface area contributed by atoms with E-state index in [1.165, 1.54) is 49.3 Å². The quantitative estimate of drug-likeness (QED) is 0.205. The number of para-hydroxylation sites is 2. The summed E-state index contributed by atoms with van der Waals surface area (Å²) in [6.07, 6.45) is 2.20. The number of benzene rings is 6. The monoisotopic (exact) mass is 575 g/mol. The lowest BCUT2D eigenvalue weighted by Gasteiger charge is -2.14. The van der Waals surface area contributed by atoms with Gasteiger partial charge in [0.2, 0.25) is 0 Å². The smallest absolute Gasteiger partial charge is 0.138 e. The maximum absolute atomic E-state index is 5.32. The highest BCUT2D eigenvalue weighted by Crippen LogP contribution is 2.40. The normalized spacial score (nSPS) is 11.7. The summed E-state index contributed by atoms with van der Waals surface area (Å²) in [5.74, 6) is 0.908. The molecule has 0 aliphatic heterocycles. The predicted molar refractivity (Wildman–Crippen MR) is 189 cm³/mol. The van der Waals surface area contributed by atoms with Gasteiger partial charge in [0.15, 0.2) is 0 Å². The number of aryl methyl sites for hydroxylation is 1. The van der Waals surface area contributed by atoms with E-state index in [0.717, 1.165) is 33.7 Å². The molecule has 3 heterocycles. The molecule has 6 aromatic carbocycles. The molecule has 0 aliphatic carbocycles. The van der Waals surface area contributed by atoms with Crippen LogP contribution >= 0.6 is 0 Å². The van der Waals surface area contributed by atoms with E-state index in [4.69, 9.17) is 4.98 Å². The molecule has 0 N–H and O–H groups in total. The van der Waals surface area contributed by atoms with Crippen LogP contribution in [0.3, 0.4) is 0 Å². The van der Waals surface area contributed by atoms with Gasteiger partial charge in [-0.25, -0.2) is 4.98 Å². The Balaban J connectivity index is 1.36. The second kappa shape index (κ2) is 10.1. The number of fused-ring (bicyclic) bond motifs is 7. The van der Waals surface area contributed by atoms with E-state index in [1.54, 1.807) is 0 Å². The van der Waals surface area contributed by atoms with Gasteiger partial charge in [-0.1, -0.05) is 115 Å². The highest BCUT2D eigenvalue weighted by molar-refractivity contribution is 6.25. The van der Waals surface area contributed by atoms with E-state index in [0.29, 0.717) is 0 Å². The maximum Gasteiger partial charge on any atom is 0.138 e. The highest BCUT2D eigenvalue weighted by Gasteiger charge is 2.19. The summed E-state index contributed by atoms with van der Waals surface area (Å²) >= 11 is 0. The molecule has 0 spiro atoms. The summed E-state index contributed by atoms with van der Waals surface area (Å²) in [6, 6.07) is 54.2. The Morgan fingerprint density at radius 2 is 1.22 bits per heavy atom. The van der Waals surface area contributed by atoms with E-state index in [2.05, 4.69) is 174 Å². The Morgan fingerprint density at radius 3 is 2.04 bits per heavy atom. The van der Waals surface area contributed by atoms with E-state index in [1.807, 2.05) is 0 Å². The molecular formula is C42H29N3. The molecule has 3 nitrogen and oxygen atoms in total. The molecule has 0 saturated carbocycles. The second-order valence-electron chi connectivity index (χ2n) is 11.7. The van der Waals surface area contributed by atoms with Crippen molar-refractivity contribution in [3.8, 4) is 33.9 Å². The fourth-order valence-electron chi connectivity index (χ4n) is 6.97. The standard InChI is InChI=1S/C42H29N3/c1-28-12-8-10-18-37(28)44-25-24-31-20-21-33-34(42(31)44)22-23-39-41(33)35-17-9-11-19-38(35)45(39)40-27-32(29-13-4-2-5-14-29)26-36(43-40)30-15-6-3-7-16-30/h2-27H,1H3. The molecule has 9 rings (SSSR count). The molecule has 0 unspecified atom stereocenters. The summed E-state index contributed by atoms with van der Waals surface area (Å²) in [7, 11) is 0. The van der Waals surface area contributed by atoms with E-state index in [9.17, 15) is 0 Å². The second-order valence-corrected chi connectivity index (χ2v) is 11.7. The Kier molecular flexibility index (Phi) is 5.72. The molecule has 0 bridgehead atoms. The van der Waals surface area contributed by atoms with Crippen LogP contribution in [0.15, 0.2) is 158 Å². The van der Waals surface area contributed by atoms with Crippen molar-refractivity contribution in [3.63, 3.8) is 0 Å². The van der Waals surface area contributed by atoms with E-state index < -0.39 is 0 Å². The van der Waals surface area contributed by atoms with Crippen LogP contribution in [-0.2, 0) is 0 Å². The predicted octanol–water partition coefficient (Wildman–Crippen LogP) is 10.9. The summed E-state index contributed by atoms with van der Waals surface area (Å²) in [4.78, 5) is 5.32. The lowest BCUT2D eigenvalue weighted by Crippen LogP contribution is -2.00. The van der Waals surface area contributed by atoms with Crippen molar-refractivity contribution < 1.29 is 0 Å². The minimum Gasteiger partial charge on any atom is -0.316 e. The van der Waals surface area contributed by atoms with E-state index in [-0.39, 0.29) is 0 Å². The first-order chi connectivity index (χ1) is 22.2. The lowest BCUT2D eigenvalue weighted by atomic mass is 10.0. The summed E-state index contributed by atoms with van der Waals surface area (Å²) in [5.41, 5.74) is 10.4. The average Bonchev–Trinajstić information content (AvgIpc) is 3.69. The Labute approximate surface area is 261 Å². The number of rotatable bonds is 4. The fourth-order valence-corrected chi connectivity index (χ4v) is 6.97. The van der Waals surface area contributed by atoms with Gasteiger partial charge in [-0.15, -0.1) is 0 Å². The topological polar surface area (TPSA) is 22.8 Å². The largest absolute Gasteiger partial charge is 0.316 e. The Hall–Kier alpha value is -5.93. The first-order valence-electron chi connectivity index (χ1n) is 15.4. The van der Waals surface area contributed by atoms with Crippen molar-refractivity contribution in [1.29, 1.82) is 0 Å². The molecule has 0 radical (unpaired) electrons. The first-order valence-corrected chi connectivity index (χ1v) is 15.4. The van der Waals surface area contributed by atoms with Gasteiger partial charge < -0.3 is 4.57 Å². The van der Waals surface area contributed by atoms with Crippen molar-refractivity contribution >= 4 is 43.5 Å². The first kappa shape index (κ1) is 25.6. The van der Waals surface area contributed by atoms with Crippen LogP contribution in [0.2, 0.25) is 0 Å². The van der Waals surface area contributed by atoms with Gasteiger partial charge in [0.25, 0.3) is 0 Å². The molecule has 9 aromatic rings. The minimum absolute atomic E-state index is 0.908. The summed E-state index contributed by atoms with van der Waals surface area (Å²) < 4.78 is 4.68. The molecule has 0 amide bonds. The number of hydrogen-bond acceptors (Lipinski definition) is 1. The maximum atomic E-state index is 5.32. The molecule has 0 fully saturated rings. The molecule has 45 heavy (non-hydrogen) atoms. The average molecular weight is 576 g/mol. The number of aromatic nitrogens is 3.